The van der Waals surface area contributed by atoms with Gasteiger partial charge in [-0.1, -0.05) is 27.7 Å². The van der Waals surface area contributed by atoms with Crippen LogP contribution in [0.2, 0.25) is 0 Å². The van der Waals surface area contributed by atoms with E-state index in [2.05, 4.69) is 32.6 Å². The molecule has 0 radical (unpaired) electrons. The second-order valence-electron chi connectivity index (χ2n) is 5.66. The molecule has 1 aliphatic heterocycles. The molecule has 14 heavy (non-hydrogen) atoms. The Morgan fingerprint density at radius 2 is 1.93 bits per heavy atom. The first-order valence-electron chi connectivity index (χ1n) is 5.80. The standard InChI is InChI=1S/C12H24FN/c1-5-6-14-8-10(12(2,3)4)7-11(13)9-14/h10-11H,5-9H2,1-4H3. The van der Waals surface area contributed by atoms with Crippen LogP contribution in [0.3, 0.4) is 0 Å². The van der Waals surface area contributed by atoms with Crippen LogP contribution >= 0.6 is 0 Å². The van der Waals surface area contributed by atoms with Gasteiger partial charge in [-0.2, -0.15) is 0 Å². The third kappa shape index (κ3) is 3.23. The number of hydrogen-bond donors (Lipinski definition) is 0. The molecule has 1 aliphatic rings. The lowest BCUT2D eigenvalue weighted by atomic mass is 9.76. The zero-order valence-electron chi connectivity index (χ0n) is 10.0. The summed E-state index contributed by atoms with van der Waals surface area (Å²) in [4.78, 5) is 2.28. The van der Waals surface area contributed by atoms with Crippen molar-refractivity contribution >= 4 is 0 Å². The molecule has 0 aromatic heterocycles. The van der Waals surface area contributed by atoms with Crippen molar-refractivity contribution in [2.24, 2.45) is 11.3 Å². The van der Waals surface area contributed by atoms with E-state index < -0.39 is 6.17 Å². The first-order valence-corrected chi connectivity index (χ1v) is 5.80. The van der Waals surface area contributed by atoms with Gasteiger partial charge in [0.15, 0.2) is 0 Å². The molecule has 1 heterocycles. The van der Waals surface area contributed by atoms with Gasteiger partial charge in [0.25, 0.3) is 0 Å². The molecule has 0 aromatic rings. The van der Waals surface area contributed by atoms with E-state index in [9.17, 15) is 4.39 Å². The van der Waals surface area contributed by atoms with Crippen molar-refractivity contribution in [3.05, 3.63) is 0 Å². The van der Waals surface area contributed by atoms with Gasteiger partial charge in [-0.3, -0.25) is 0 Å². The maximum Gasteiger partial charge on any atom is 0.113 e. The quantitative estimate of drug-likeness (QED) is 0.663. The van der Waals surface area contributed by atoms with E-state index in [0.717, 1.165) is 25.9 Å². The summed E-state index contributed by atoms with van der Waals surface area (Å²) in [7, 11) is 0. The van der Waals surface area contributed by atoms with Crippen molar-refractivity contribution in [2.45, 2.75) is 46.7 Å². The molecule has 0 aromatic carbocycles. The van der Waals surface area contributed by atoms with Crippen LogP contribution < -0.4 is 0 Å². The molecule has 84 valence electrons. The molecule has 0 bridgehead atoms. The van der Waals surface area contributed by atoms with Crippen molar-refractivity contribution in [2.75, 3.05) is 19.6 Å². The molecule has 0 saturated carbocycles. The van der Waals surface area contributed by atoms with Gasteiger partial charge in [-0.25, -0.2) is 4.39 Å². The Labute approximate surface area is 87.7 Å². The molecule has 0 amide bonds. The maximum absolute atomic E-state index is 13.5. The van der Waals surface area contributed by atoms with Crippen LogP contribution in [0, 0.1) is 11.3 Å². The average Bonchev–Trinajstić information content (AvgIpc) is 2.02. The molecule has 1 saturated heterocycles. The minimum Gasteiger partial charge on any atom is -0.300 e. The highest BCUT2D eigenvalue weighted by atomic mass is 19.1. The third-order valence-corrected chi connectivity index (χ3v) is 3.24. The number of nitrogens with zero attached hydrogens (tertiary/aromatic N) is 1. The largest absolute Gasteiger partial charge is 0.300 e. The number of halogens is 1. The number of alkyl halides is 1. The lowest BCUT2D eigenvalue weighted by Gasteiger charge is -2.41. The fourth-order valence-corrected chi connectivity index (χ4v) is 2.25. The molecule has 1 nitrogen and oxygen atoms in total. The Morgan fingerprint density at radius 3 is 2.43 bits per heavy atom. The summed E-state index contributed by atoms with van der Waals surface area (Å²) in [6.45, 7) is 11.6. The second-order valence-corrected chi connectivity index (χ2v) is 5.66. The Kier molecular flexibility index (Phi) is 3.94. The molecule has 2 heteroatoms. The van der Waals surface area contributed by atoms with Crippen LogP contribution in [0.5, 0.6) is 0 Å². The van der Waals surface area contributed by atoms with Gasteiger partial charge in [0.2, 0.25) is 0 Å². The van der Waals surface area contributed by atoms with Crippen molar-refractivity contribution in [1.29, 1.82) is 0 Å². The monoisotopic (exact) mass is 201 g/mol. The summed E-state index contributed by atoms with van der Waals surface area (Å²) < 4.78 is 13.5. The van der Waals surface area contributed by atoms with Gasteiger partial charge in [-0.05, 0) is 30.7 Å². The normalized spacial score (nSPS) is 30.6. The van der Waals surface area contributed by atoms with Gasteiger partial charge < -0.3 is 4.90 Å². The lowest BCUT2D eigenvalue weighted by molar-refractivity contribution is 0.0452. The first-order chi connectivity index (χ1) is 6.43. The Balaban J connectivity index is 2.54. The summed E-state index contributed by atoms with van der Waals surface area (Å²) in [6, 6.07) is 0. The molecule has 2 unspecified atom stereocenters. The average molecular weight is 201 g/mol. The van der Waals surface area contributed by atoms with Gasteiger partial charge in [0, 0.05) is 13.1 Å². The van der Waals surface area contributed by atoms with Gasteiger partial charge in [-0.15, -0.1) is 0 Å². The van der Waals surface area contributed by atoms with E-state index >= 15 is 0 Å². The molecular weight excluding hydrogens is 177 g/mol. The molecule has 0 aliphatic carbocycles. The maximum atomic E-state index is 13.5. The number of piperidine rings is 1. The Morgan fingerprint density at radius 1 is 1.29 bits per heavy atom. The van der Waals surface area contributed by atoms with Gasteiger partial charge in [0.1, 0.15) is 6.17 Å². The van der Waals surface area contributed by atoms with Crippen molar-refractivity contribution in [3.63, 3.8) is 0 Å². The SMILES string of the molecule is CCCN1CC(F)CC(C(C)(C)C)C1. The predicted octanol–water partition coefficient (Wildman–Crippen LogP) is 3.10. The van der Waals surface area contributed by atoms with Crippen LogP contribution in [-0.4, -0.2) is 30.7 Å². The summed E-state index contributed by atoms with van der Waals surface area (Å²) in [5, 5.41) is 0. The fourth-order valence-electron chi connectivity index (χ4n) is 2.25. The van der Waals surface area contributed by atoms with E-state index in [1.165, 1.54) is 0 Å². The van der Waals surface area contributed by atoms with E-state index in [-0.39, 0.29) is 5.41 Å². The zero-order valence-corrected chi connectivity index (χ0v) is 10.0. The molecular formula is C12H24FN. The number of likely N-dealkylation sites (tertiary alicyclic amines) is 1. The number of rotatable bonds is 2. The Hall–Kier alpha value is -0.110. The highest BCUT2D eigenvalue weighted by Crippen LogP contribution is 2.34. The van der Waals surface area contributed by atoms with Gasteiger partial charge in [0.05, 0.1) is 0 Å². The summed E-state index contributed by atoms with van der Waals surface area (Å²) >= 11 is 0. The smallest absolute Gasteiger partial charge is 0.113 e. The predicted molar refractivity (Wildman–Crippen MR) is 59.2 cm³/mol. The van der Waals surface area contributed by atoms with Gasteiger partial charge >= 0.3 is 0 Å². The molecule has 2 atom stereocenters. The summed E-state index contributed by atoms with van der Waals surface area (Å²) in [5.41, 5.74) is 0.247. The van der Waals surface area contributed by atoms with E-state index in [4.69, 9.17) is 0 Å². The Bertz CT molecular complexity index is 174. The van der Waals surface area contributed by atoms with E-state index in [0.29, 0.717) is 12.5 Å². The highest BCUT2D eigenvalue weighted by molar-refractivity contribution is 4.85. The van der Waals surface area contributed by atoms with Crippen LogP contribution in [-0.2, 0) is 0 Å². The second kappa shape index (κ2) is 4.61. The van der Waals surface area contributed by atoms with E-state index in [1.54, 1.807) is 0 Å². The summed E-state index contributed by atoms with van der Waals surface area (Å²) in [5.74, 6) is 0.512. The van der Waals surface area contributed by atoms with Crippen LogP contribution in [0.15, 0.2) is 0 Å². The first kappa shape index (κ1) is 12.0. The zero-order chi connectivity index (χ0) is 10.8. The minimum absolute atomic E-state index is 0.247. The van der Waals surface area contributed by atoms with E-state index in [1.807, 2.05) is 0 Å². The molecule has 1 fully saturated rings. The lowest BCUT2D eigenvalue weighted by Crippen LogP contribution is -2.45. The highest BCUT2D eigenvalue weighted by Gasteiger charge is 2.33. The fraction of sp³-hybridized carbons (Fsp3) is 1.00. The molecule has 1 rings (SSSR count). The third-order valence-electron chi connectivity index (χ3n) is 3.24. The number of hydrogen-bond acceptors (Lipinski definition) is 1. The van der Waals surface area contributed by atoms with Crippen LogP contribution in [0.25, 0.3) is 0 Å². The molecule has 0 N–H and O–H groups in total. The van der Waals surface area contributed by atoms with Crippen LogP contribution in [0.1, 0.15) is 40.5 Å². The molecule has 0 spiro atoms. The summed E-state index contributed by atoms with van der Waals surface area (Å²) in [6.07, 6.45) is 1.27. The minimum atomic E-state index is -0.612. The van der Waals surface area contributed by atoms with Crippen molar-refractivity contribution in [3.8, 4) is 0 Å². The van der Waals surface area contributed by atoms with Crippen molar-refractivity contribution in [1.82, 2.24) is 4.90 Å². The van der Waals surface area contributed by atoms with Crippen LogP contribution in [0.4, 0.5) is 4.39 Å². The topological polar surface area (TPSA) is 3.24 Å². The van der Waals surface area contributed by atoms with Crippen molar-refractivity contribution < 1.29 is 4.39 Å².